The number of hydrogen-bond acceptors (Lipinski definition) is 1. The van der Waals surface area contributed by atoms with Crippen molar-refractivity contribution in [2.45, 2.75) is 18.8 Å². The molecule has 1 aromatic rings. The van der Waals surface area contributed by atoms with E-state index in [0.29, 0.717) is 18.4 Å². The normalized spacial score (nSPS) is 26.4. The van der Waals surface area contributed by atoms with Crippen LogP contribution in [-0.2, 0) is 0 Å². The molecule has 14 heavy (non-hydrogen) atoms. The first-order valence-corrected chi connectivity index (χ1v) is 5.24. The minimum atomic E-state index is 0.296. The molecule has 0 radical (unpaired) electrons. The smallest absolute Gasteiger partial charge is 0.0468 e. The van der Waals surface area contributed by atoms with Crippen molar-refractivity contribution >= 4 is 0 Å². The van der Waals surface area contributed by atoms with Gasteiger partial charge in [0.05, 0.1) is 0 Å². The van der Waals surface area contributed by atoms with Gasteiger partial charge in [-0.2, -0.15) is 0 Å². The Kier molecular flexibility index (Phi) is 3.00. The summed E-state index contributed by atoms with van der Waals surface area (Å²) >= 11 is 0. The highest BCUT2D eigenvalue weighted by Gasteiger charge is 2.21. The van der Waals surface area contributed by atoms with Gasteiger partial charge in [0.1, 0.15) is 0 Å². The summed E-state index contributed by atoms with van der Waals surface area (Å²) in [5, 5.41) is 9.29. The van der Waals surface area contributed by atoms with Gasteiger partial charge < -0.3 is 5.11 Å². The monoisotopic (exact) mass is 188 g/mol. The first-order valence-electron chi connectivity index (χ1n) is 5.24. The molecule has 2 atom stereocenters. The predicted octanol–water partition coefficient (Wildman–Crippen LogP) is 2.73. The number of hydrogen-bond donors (Lipinski definition) is 1. The van der Waals surface area contributed by atoms with Crippen LogP contribution in [0.3, 0.4) is 0 Å². The highest BCUT2D eigenvalue weighted by molar-refractivity contribution is 5.26. The number of rotatable bonds is 2. The second-order valence-electron chi connectivity index (χ2n) is 3.88. The lowest BCUT2D eigenvalue weighted by Gasteiger charge is -2.26. The molecule has 0 bridgehead atoms. The Balaban J connectivity index is 2.23. The summed E-state index contributed by atoms with van der Waals surface area (Å²) in [6, 6.07) is 10.4. The van der Waals surface area contributed by atoms with Crippen LogP contribution in [0.2, 0.25) is 0 Å². The van der Waals surface area contributed by atoms with E-state index < -0.39 is 0 Å². The third-order valence-corrected chi connectivity index (χ3v) is 2.97. The molecule has 0 spiro atoms. The Bertz CT molecular complexity index is 302. The molecule has 0 fully saturated rings. The van der Waals surface area contributed by atoms with E-state index in [0.717, 1.165) is 12.8 Å². The second-order valence-corrected chi connectivity index (χ2v) is 3.88. The van der Waals surface area contributed by atoms with Crippen LogP contribution in [0, 0.1) is 5.92 Å². The van der Waals surface area contributed by atoms with Crippen LogP contribution in [0.5, 0.6) is 0 Å². The topological polar surface area (TPSA) is 20.2 Å². The summed E-state index contributed by atoms with van der Waals surface area (Å²) in [5.74, 6) is 0.817. The number of aliphatic hydroxyl groups is 1. The van der Waals surface area contributed by atoms with E-state index >= 15 is 0 Å². The van der Waals surface area contributed by atoms with E-state index in [-0.39, 0.29) is 0 Å². The molecule has 1 aliphatic rings. The molecule has 2 rings (SSSR count). The fourth-order valence-electron chi connectivity index (χ4n) is 2.15. The molecule has 0 heterocycles. The van der Waals surface area contributed by atoms with Gasteiger partial charge in [-0.1, -0.05) is 42.5 Å². The fraction of sp³-hybridized carbons (Fsp3) is 0.385. The van der Waals surface area contributed by atoms with Crippen molar-refractivity contribution in [1.29, 1.82) is 0 Å². The Labute approximate surface area is 85.1 Å². The van der Waals surface area contributed by atoms with Crippen molar-refractivity contribution in [3.8, 4) is 0 Å². The number of benzene rings is 1. The van der Waals surface area contributed by atoms with Crippen molar-refractivity contribution in [1.82, 2.24) is 0 Å². The molecule has 1 aliphatic carbocycles. The van der Waals surface area contributed by atoms with E-state index in [9.17, 15) is 5.11 Å². The fourth-order valence-corrected chi connectivity index (χ4v) is 2.15. The Hall–Kier alpha value is -1.08. The van der Waals surface area contributed by atoms with E-state index in [1.54, 1.807) is 0 Å². The molecule has 0 amide bonds. The summed E-state index contributed by atoms with van der Waals surface area (Å²) < 4.78 is 0. The minimum absolute atomic E-state index is 0.296. The largest absolute Gasteiger partial charge is 0.396 e. The maximum absolute atomic E-state index is 9.29. The molecule has 0 saturated heterocycles. The van der Waals surface area contributed by atoms with Crippen molar-refractivity contribution in [2.24, 2.45) is 5.92 Å². The third kappa shape index (κ3) is 1.88. The van der Waals surface area contributed by atoms with Crippen LogP contribution >= 0.6 is 0 Å². The maximum atomic E-state index is 9.29. The molecule has 0 aromatic heterocycles. The van der Waals surface area contributed by atoms with Gasteiger partial charge in [0, 0.05) is 12.5 Å². The van der Waals surface area contributed by atoms with Gasteiger partial charge in [-0.05, 0) is 24.3 Å². The average molecular weight is 188 g/mol. The highest BCUT2D eigenvalue weighted by atomic mass is 16.3. The zero-order valence-corrected chi connectivity index (χ0v) is 8.26. The Morgan fingerprint density at radius 3 is 2.71 bits per heavy atom. The lowest BCUT2D eigenvalue weighted by atomic mass is 9.80. The molecule has 0 aliphatic heterocycles. The van der Waals surface area contributed by atoms with E-state index in [1.165, 1.54) is 5.56 Å². The van der Waals surface area contributed by atoms with E-state index in [4.69, 9.17) is 0 Å². The molecule has 74 valence electrons. The van der Waals surface area contributed by atoms with Crippen LogP contribution in [-0.4, -0.2) is 11.7 Å². The molecular weight excluding hydrogens is 172 g/mol. The van der Waals surface area contributed by atoms with Crippen molar-refractivity contribution in [3.05, 3.63) is 48.0 Å². The van der Waals surface area contributed by atoms with Crippen molar-refractivity contribution in [3.63, 3.8) is 0 Å². The van der Waals surface area contributed by atoms with Crippen LogP contribution < -0.4 is 0 Å². The SMILES string of the molecule is OCC1CCC=CC1c1ccccc1. The summed E-state index contributed by atoms with van der Waals surface area (Å²) in [5.41, 5.74) is 1.32. The lowest BCUT2D eigenvalue weighted by molar-refractivity contribution is 0.204. The summed E-state index contributed by atoms with van der Waals surface area (Å²) in [7, 11) is 0. The third-order valence-electron chi connectivity index (χ3n) is 2.97. The van der Waals surface area contributed by atoms with Gasteiger partial charge in [0.15, 0.2) is 0 Å². The highest BCUT2D eigenvalue weighted by Crippen LogP contribution is 2.32. The van der Waals surface area contributed by atoms with Crippen LogP contribution in [0.15, 0.2) is 42.5 Å². The van der Waals surface area contributed by atoms with Gasteiger partial charge in [-0.3, -0.25) is 0 Å². The maximum Gasteiger partial charge on any atom is 0.0468 e. The average Bonchev–Trinajstić information content (AvgIpc) is 2.30. The summed E-state index contributed by atoms with van der Waals surface area (Å²) in [4.78, 5) is 0. The van der Waals surface area contributed by atoms with Gasteiger partial charge in [0.25, 0.3) is 0 Å². The van der Waals surface area contributed by atoms with Crippen LogP contribution in [0.25, 0.3) is 0 Å². The van der Waals surface area contributed by atoms with Gasteiger partial charge in [-0.15, -0.1) is 0 Å². The van der Waals surface area contributed by atoms with E-state index in [2.05, 4.69) is 36.4 Å². The van der Waals surface area contributed by atoms with E-state index in [1.807, 2.05) is 6.07 Å². The molecule has 2 unspecified atom stereocenters. The van der Waals surface area contributed by atoms with Crippen LogP contribution in [0.1, 0.15) is 24.3 Å². The Morgan fingerprint density at radius 1 is 1.21 bits per heavy atom. The quantitative estimate of drug-likeness (QED) is 0.707. The summed E-state index contributed by atoms with van der Waals surface area (Å²) in [6.07, 6.45) is 6.67. The van der Waals surface area contributed by atoms with Gasteiger partial charge in [-0.25, -0.2) is 0 Å². The first-order chi connectivity index (χ1) is 6.92. The van der Waals surface area contributed by atoms with Crippen molar-refractivity contribution in [2.75, 3.05) is 6.61 Å². The zero-order valence-electron chi connectivity index (χ0n) is 8.26. The standard InChI is InChI=1S/C13H16O/c14-10-12-8-4-5-9-13(12)11-6-2-1-3-7-11/h1-3,5-7,9,12-14H,4,8,10H2. The van der Waals surface area contributed by atoms with Gasteiger partial charge in [0.2, 0.25) is 0 Å². The Morgan fingerprint density at radius 2 is 2.00 bits per heavy atom. The lowest BCUT2D eigenvalue weighted by Crippen LogP contribution is -2.17. The second kappa shape index (κ2) is 4.43. The predicted molar refractivity (Wildman–Crippen MR) is 58.1 cm³/mol. The summed E-state index contributed by atoms with van der Waals surface area (Å²) in [6.45, 7) is 0.296. The number of aliphatic hydroxyl groups excluding tert-OH is 1. The van der Waals surface area contributed by atoms with Crippen LogP contribution in [0.4, 0.5) is 0 Å². The molecule has 0 saturated carbocycles. The number of allylic oxidation sites excluding steroid dienone is 2. The molecule has 1 N–H and O–H groups in total. The van der Waals surface area contributed by atoms with Crippen molar-refractivity contribution < 1.29 is 5.11 Å². The molecule has 1 aromatic carbocycles. The first kappa shape index (κ1) is 9.47. The molecule has 1 heteroatoms. The zero-order chi connectivity index (χ0) is 9.80. The van der Waals surface area contributed by atoms with Gasteiger partial charge >= 0.3 is 0 Å². The molecule has 1 nitrogen and oxygen atoms in total. The molecular formula is C13H16O. The minimum Gasteiger partial charge on any atom is -0.396 e.